The highest BCUT2D eigenvalue weighted by Crippen LogP contribution is 2.18. The Kier molecular flexibility index (Phi) is 4.50. The predicted molar refractivity (Wildman–Crippen MR) is 82.4 cm³/mol. The smallest absolute Gasteiger partial charge is 0.244 e. The standard InChI is InChI=1S/C15H21N5/c1-5-12(4)17-15-19-14(9-16-20-15)18-13-7-6-10(2)11(3)8-13/h6-9,12H,5H2,1-4H3,(H2,17,18,19,20). The first-order valence-electron chi connectivity index (χ1n) is 6.89. The van der Waals surface area contributed by atoms with E-state index in [1.165, 1.54) is 11.1 Å². The number of rotatable bonds is 5. The van der Waals surface area contributed by atoms with Gasteiger partial charge >= 0.3 is 0 Å². The van der Waals surface area contributed by atoms with Crippen molar-refractivity contribution in [1.29, 1.82) is 0 Å². The molecule has 1 aromatic heterocycles. The molecule has 1 unspecified atom stereocenters. The van der Waals surface area contributed by atoms with E-state index in [1.807, 2.05) is 6.07 Å². The summed E-state index contributed by atoms with van der Waals surface area (Å²) in [5, 5.41) is 14.4. The second-order valence-corrected chi connectivity index (χ2v) is 5.04. The Labute approximate surface area is 119 Å². The summed E-state index contributed by atoms with van der Waals surface area (Å²) in [6.45, 7) is 8.39. The van der Waals surface area contributed by atoms with Gasteiger partial charge in [0.05, 0.1) is 6.20 Å². The molecule has 5 heteroatoms. The van der Waals surface area contributed by atoms with Gasteiger partial charge in [-0.3, -0.25) is 0 Å². The zero-order valence-corrected chi connectivity index (χ0v) is 12.4. The fourth-order valence-corrected chi connectivity index (χ4v) is 1.71. The first-order chi connectivity index (χ1) is 9.58. The Morgan fingerprint density at radius 2 is 2.00 bits per heavy atom. The first-order valence-corrected chi connectivity index (χ1v) is 6.89. The lowest BCUT2D eigenvalue weighted by atomic mass is 10.1. The lowest BCUT2D eigenvalue weighted by molar-refractivity contribution is 0.746. The van der Waals surface area contributed by atoms with Crippen LogP contribution in [-0.2, 0) is 0 Å². The van der Waals surface area contributed by atoms with Gasteiger partial charge in [0.25, 0.3) is 0 Å². The molecule has 0 radical (unpaired) electrons. The number of benzene rings is 1. The van der Waals surface area contributed by atoms with Gasteiger partial charge in [0.2, 0.25) is 5.95 Å². The summed E-state index contributed by atoms with van der Waals surface area (Å²) in [5.74, 6) is 1.24. The van der Waals surface area contributed by atoms with Crippen molar-refractivity contribution in [3.63, 3.8) is 0 Å². The maximum Gasteiger partial charge on any atom is 0.244 e. The molecule has 1 atom stereocenters. The highest BCUT2D eigenvalue weighted by atomic mass is 15.3. The molecule has 1 heterocycles. The number of hydrogen-bond acceptors (Lipinski definition) is 5. The van der Waals surface area contributed by atoms with Crippen molar-refractivity contribution in [2.75, 3.05) is 10.6 Å². The fourth-order valence-electron chi connectivity index (χ4n) is 1.71. The van der Waals surface area contributed by atoms with E-state index in [1.54, 1.807) is 6.20 Å². The van der Waals surface area contributed by atoms with Crippen LogP contribution in [-0.4, -0.2) is 21.2 Å². The maximum absolute atomic E-state index is 4.41. The van der Waals surface area contributed by atoms with Crippen LogP contribution in [0, 0.1) is 13.8 Å². The Hall–Kier alpha value is -2.17. The molecule has 0 aliphatic carbocycles. The van der Waals surface area contributed by atoms with Crippen LogP contribution in [0.1, 0.15) is 31.4 Å². The molecule has 106 valence electrons. The van der Waals surface area contributed by atoms with Crippen molar-refractivity contribution < 1.29 is 0 Å². The van der Waals surface area contributed by atoms with Gasteiger partial charge in [0.15, 0.2) is 5.82 Å². The van der Waals surface area contributed by atoms with Crippen LogP contribution in [0.5, 0.6) is 0 Å². The van der Waals surface area contributed by atoms with Gasteiger partial charge in [-0.25, -0.2) is 0 Å². The summed E-state index contributed by atoms with van der Waals surface area (Å²) in [5.41, 5.74) is 3.52. The molecule has 1 aromatic carbocycles. The van der Waals surface area contributed by atoms with Crippen LogP contribution in [0.25, 0.3) is 0 Å². The van der Waals surface area contributed by atoms with Gasteiger partial charge in [-0.2, -0.15) is 10.1 Å². The van der Waals surface area contributed by atoms with Gasteiger partial charge < -0.3 is 10.6 Å². The second kappa shape index (κ2) is 6.32. The molecule has 0 fully saturated rings. The predicted octanol–water partition coefficient (Wildman–Crippen LogP) is 3.44. The molecule has 0 saturated heterocycles. The maximum atomic E-state index is 4.41. The van der Waals surface area contributed by atoms with E-state index in [9.17, 15) is 0 Å². The van der Waals surface area contributed by atoms with Gasteiger partial charge in [-0.15, -0.1) is 5.10 Å². The fraction of sp³-hybridized carbons (Fsp3) is 0.400. The minimum absolute atomic E-state index is 0.327. The van der Waals surface area contributed by atoms with Crippen molar-refractivity contribution in [2.24, 2.45) is 0 Å². The monoisotopic (exact) mass is 271 g/mol. The van der Waals surface area contributed by atoms with Crippen LogP contribution in [0.3, 0.4) is 0 Å². The quantitative estimate of drug-likeness (QED) is 0.872. The number of nitrogens with zero attached hydrogens (tertiary/aromatic N) is 3. The van der Waals surface area contributed by atoms with Crippen molar-refractivity contribution in [3.05, 3.63) is 35.5 Å². The molecule has 0 amide bonds. The topological polar surface area (TPSA) is 62.7 Å². The second-order valence-electron chi connectivity index (χ2n) is 5.04. The lowest BCUT2D eigenvalue weighted by Gasteiger charge is -2.12. The highest BCUT2D eigenvalue weighted by Gasteiger charge is 2.04. The average Bonchev–Trinajstić information content (AvgIpc) is 2.43. The average molecular weight is 271 g/mol. The Balaban J connectivity index is 2.12. The van der Waals surface area contributed by atoms with Crippen LogP contribution in [0.15, 0.2) is 24.4 Å². The molecule has 0 aliphatic rings. The first kappa shape index (κ1) is 14.2. The molecule has 20 heavy (non-hydrogen) atoms. The minimum Gasteiger partial charge on any atom is -0.350 e. The van der Waals surface area contributed by atoms with Gasteiger partial charge in [-0.1, -0.05) is 13.0 Å². The molecule has 2 N–H and O–H groups in total. The Bertz CT molecular complexity index is 582. The molecule has 0 saturated carbocycles. The number of anilines is 3. The molecule has 2 aromatic rings. The van der Waals surface area contributed by atoms with Crippen molar-refractivity contribution >= 4 is 17.5 Å². The number of aryl methyl sites for hydroxylation is 2. The number of hydrogen-bond donors (Lipinski definition) is 2. The third kappa shape index (κ3) is 3.66. The van der Waals surface area contributed by atoms with Crippen molar-refractivity contribution in [2.45, 2.75) is 40.2 Å². The van der Waals surface area contributed by atoms with Gasteiger partial charge in [-0.05, 0) is 50.5 Å². The van der Waals surface area contributed by atoms with Gasteiger partial charge in [0.1, 0.15) is 0 Å². The minimum atomic E-state index is 0.327. The van der Waals surface area contributed by atoms with E-state index in [4.69, 9.17) is 0 Å². The Morgan fingerprint density at radius 3 is 2.70 bits per heavy atom. The van der Waals surface area contributed by atoms with E-state index in [-0.39, 0.29) is 0 Å². The molecular weight excluding hydrogens is 250 g/mol. The summed E-state index contributed by atoms with van der Waals surface area (Å²) in [6, 6.07) is 6.55. The highest BCUT2D eigenvalue weighted by molar-refractivity contribution is 5.58. The summed E-state index contributed by atoms with van der Waals surface area (Å²) >= 11 is 0. The molecule has 5 nitrogen and oxygen atoms in total. The van der Waals surface area contributed by atoms with E-state index in [0.717, 1.165) is 12.1 Å². The van der Waals surface area contributed by atoms with Crippen molar-refractivity contribution in [1.82, 2.24) is 15.2 Å². The van der Waals surface area contributed by atoms with Crippen LogP contribution < -0.4 is 10.6 Å². The SMILES string of the molecule is CCC(C)Nc1nncc(Nc2ccc(C)c(C)c2)n1. The summed E-state index contributed by atoms with van der Waals surface area (Å²) < 4.78 is 0. The summed E-state index contributed by atoms with van der Waals surface area (Å²) in [7, 11) is 0. The van der Waals surface area contributed by atoms with Gasteiger partial charge in [0, 0.05) is 11.7 Å². The van der Waals surface area contributed by atoms with E-state index in [0.29, 0.717) is 17.8 Å². The molecular formula is C15H21N5. The van der Waals surface area contributed by atoms with Crippen LogP contribution in [0.4, 0.5) is 17.5 Å². The van der Waals surface area contributed by atoms with E-state index >= 15 is 0 Å². The summed E-state index contributed by atoms with van der Waals surface area (Å²) in [4.78, 5) is 4.41. The van der Waals surface area contributed by atoms with Crippen LogP contribution >= 0.6 is 0 Å². The third-order valence-corrected chi connectivity index (χ3v) is 3.33. The number of aromatic nitrogens is 3. The molecule has 2 rings (SSSR count). The Morgan fingerprint density at radius 1 is 1.20 bits per heavy atom. The lowest BCUT2D eigenvalue weighted by Crippen LogP contribution is -2.16. The zero-order valence-electron chi connectivity index (χ0n) is 12.4. The normalized spacial score (nSPS) is 12.0. The van der Waals surface area contributed by atoms with E-state index in [2.05, 4.69) is 65.6 Å². The van der Waals surface area contributed by atoms with Crippen molar-refractivity contribution in [3.8, 4) is 0 Å². The number of nitrogens with one attached hydrogen (secondary N) is 2. The van der Waals surface area contributed by atoms with Crippen LogP contribution in [0.2, 0.25) is 0 Å². The van der Waals surface area contributed by atoms with E-state index < -0.39 is 0 Å². The largest absolute Gasteiger partial charge is 0.350 e. The molecule has 0 spiro atoms. The zero-order chi connectivity index (χ0) is 14.5. The third-order valence-electron chi connectivity index (χ3n) is 3.33. The summed E-state index contributed by atoms with van der Waals surface area (Å²) in [6.07, 6.45) is 2.63. The molecule has 0 bridgehead atoms. The molecule has 0 aliphatic heterocycles.